The molecule has 1 aromatic carbocycles. The van der Waals surface area contributed by atoms with E-state index >= 15 is 0 Å². The van der Waals surface area contributed by atoms with E-state index in [2.05, 4.69) is 20.2 Å². The summed E-state index contributed by atoms with van der Waals surface area (Å²) in [4.78, 5) is 21.7. The Morgan fingerprint density at radius 2 is 2.08 bits per heavy atom. The number of carbonyl (C=O) groups is 1. The fourth-order valence-corrected chi connectivity index (χ4v) is 2.91. The maximum absolute atomic E-state index is 12.7. The number of aromatic amines is 1. The molecular formula is C17H17N5O3. The van der Waals surface area contributed by atoms with E-state index in [4.69, 9.17) is 9.47 Å². The summed E-state index contributed by atoms with van der Waals surface area (Å²) < 4.78 is 10.8. The Labute approximate surface area is 143 Å². The Kier molecular flexibility index (Phi) is 3.93. The number of nitrogens with one attached hydrogen (secondary N) is 1. The van der Waals surface area contributed by atoms with Gasteiger partial charge in [-0.3, -0.25) is 4.79 Å². The van der Waals surface area contributed by atoms with Gasteiger partial charge in [-0.05, 0) is 18.2 Å². The van der Waals surface area contributed by atoms with Gasteiger partial charge in [0.25, 0.3) is 5.91 Å². The van der Waals surface area contributed by atoms with Gasteiger partial charge in [-0.25, -0.2) is 4.98 Å². The molecule has 8 heteroatoms. The number of fused-ring (bicyclic) bond motifs is 1. The van der Waals surface area contributed by atoms with Crippen LogP contribution in [0.4, 0.5) is 0 Å². The maximum Gasteiger partial charge on any atom is 0.254 e. The van der Waals surface area contributed by atoms with Crippen molar-refractivity contribution in [3.63, 3.8) is 0 Å². The zero-order valence-corrected chi connectivity index (χ0v) is 13.7. The lowest BCUT2D eigenvalue weighted by atomic mass is 10.2. The van der Waals surface area contributed by atoms with Gasteiger partial charge in [-0.1, -0.05) is 0 Å². The number of hydrogen-bond donors (Lipinski definition) is 1. The molecule has 3 heterocycles. The summed E-state index contributed by atoms with van der Waals surface area (Å²) >= 11 is 0. The first-order chi connectivity index (χ1) is 12.2. The van der Waals surface area contributed by atoms with Gasteiger partial charge in [-0.2, -0.15) is 0 Å². The van der Waals surface area contributed by atoms with Gasteiger partial charge < -0.3 is 19.4 Å². The molecule has 1 fully saturated rings. The Morgan fingerprint density at radius 3 is 2.88 bits per heavy atom. The molecule has 0 spiro atoms. The van der Waals surface area contributed by atoms with Crippen LogP contribution in [0.3, 0.4) is 0 Å². The van der Waals surface area contributed by atoms with E-state index < -0.39 is 0 Å². The van der Waals surface area contributed by atoms with Crippen molar-refractivity contribution in [3.05, 3.63) is 42.2 Å². The second kappa shape index (κ2) is 6.39. The van der Waals surface area contributed by atoms with Crippen LogP contribution in [0.5, 0.6) is 11.8 Å². The van der Waals surface area contributed by atoms with Crippen LogP contribution in [-0.4, -0.2) is 57.3 Å². The molecule has 1 saturated heterocycles. The lowest BCUT2D eigenvalue weighted by Crippen LogP contribution is -2.31. The standard InChI is InChI=1S/C17H17N5O3/c1-24-15-4-5-16(21-20-15)25-12-6-7-22(9-12)17(23)11-2-3-13-14(8-11)19-10-18-13/h2-5,8,10,12H,6-7,9H2,1H3,(H,18,19). The largest absolute Gasteiger partial charge is 0.480 e. The predicted molar refractivity (Wildman–Crippen MR) is 89.6 cm³/mol. The number of benzene rings is 1. The number of likely N-dealkylation sites (tertiary alicyclic amines) is 1. The molecule has 4 rings (SSSR count). The minimum Gasteiger partial charge on any atom is -0.480 e. The summed E-state index contributed by atoms with van der Waals surface area (Å²) in [5, 5.41) is 7.84. The van der Waals surface area contributed by atoms with Crippen LogP contribution < -0.4 is 9.47 Å². The third-order valence-corrected chi connectivity index (χ3v) is 4.21. The van der Waals surface area contributed by atoms with Crippen molar-refractivity contribution < 1.29 is 14.3 Å². The summed E-state index contributed by atoms with van der Waals surface area (Å²) in [5.41, 5.74) is 2.34. The smallest absolute Gasteiger partial charge is 0.254 e. The lowest BCUT2D eigenvalue weighted by Gasteiger charge is -2.17. The summed E-state index contributed by atoms with van der Waals surface area (Å²) in [6.45, 7) is 1.17. The number of H-pyrrole nitrogens is 1. The third kappa shape index (κ3) is 3.10. The van der Waals surface area contributed by atoms with Crippen LogP contribution in [-0.2, 0) is 0 Å². The van der Waals surface area contributed by atoms with Crippen molar-refractivity contribution in [1.29, 1.82) is 0 Å². The molecule has 1 unspecified atom stereocenters. The van der Waals surface area contributed by atoms with Crippen molar-refractivity contribution >= 4 is 16.9 Å². The van der Waals surface area contributed by atoms with Crippen molar-refractivity contribution in [1.82, 2.24) is 25.1 Å². The quantitative estimate of drug-likeness (QED) is 0.777. The first-order valence-electron chi connectivity index (χ1n) is 8.00. The van der Waals surface area contributed by atoms with Gasteiger partial charge in [0.05, 0.1) is 31.0 Å². The number of rotatable bonds is 4. The minimum atomic E-state index is -0.0949. The second-order valence-corrected chi connectivity index (χ2v) is 5.83. The highest BCUT2D eigenvalue weighted by Crippen LogP contribution is 2.20. The molecule has 0 saturated carbocycles. The van der Waals surface area contributed by atoms with Crippen LogP contribution in [0.15, 0.2) is 36.7 Å². The molecule has 0 radical (unpaired) electrons. The van der Waals surface area contributed by atoms with E-state index in [9.17, 15) is 4.79 Å². The minimum absolute atomic E-state index is 0.0107. The van der Waals surface area contributed by atoms with E-state index in [0.29, 0.717) is 30.4 Å². The van der Waals surface area contributed by atoms with Gasteiger partial charge in [0.15, 0.2) is 0 Å². The highest BCUT2D eigenvalue weighted by molar-refractivity contribution is 5.97. The van der Waals surface area contributed by atoms with E-state index in [0.717, 1.165) is 17.5 Å². The summed E-state index contributed by atoms with van der Waals surface area (Å²) in [5.74, 6) is 0.854. The average molecular weight is 339 g/mol. The number of hydrogen-bond acceptors (Lipinski definition) is 6. The number of aromatic nitrogens is 4. The Bertz CT molecular complexity index is 893. The molecule has 1 aliphatic heterocycles. The monoisotopic (exact) mass is 339 g/mol. The zero-order valence-electron chi connectivity index (χ0n) is 13.7. The molecule has 1 N–H and O–H groups in total. The molecule has 2 aromatic heterocycles. The first kappa shape index (κ1) is 15.4. The lowest BCUT2D eigenvalue weighted by molar-refractivity contribution is 0.0771. The van der Waals surface area contributed by atoms with Gasteiger partial charge in [0, 0.05) is 30.7 Å². The highest BCUT2D eigenvalue weighted by atomic mass is 16.5. The van der Waals surface area contributed by atoms with Crippen LogP contribution >= 0.6 is 0 Å². The van der Waals surface area contributed by atoms with E-state index in [1.54, 1.807) is 29.4 Å². The van der Waals surface area contributed by atoms with Gasteiger partial charge in [0.2, 0.25) is 11.8 Å². The van der Waals surface area contributed by atoms with Crippen LogP contribution in [0.25, 0.3) is 11.0 Å². The molecule has 128 valence electrons. The molecule has 0 bridgehead atoms. The van der Waals surface area contributed by atoms with Crippen molar-refractivity contribution in [2.75, 3.05) is 20.2 Å². The van der Waals surface area contributed by atoms with Gasteiger partial charge >= 0.3 is 0 Å². The number of nitrogens with zero attached hydrogens (tertiary/aromatic N) is 4. The maximum atomic E-state index is 12.7. The molecule has 3 aromatic rings. The van der Waals surface area contributed by atoms with Gasteiger partial charge in [0.1, 0.15) is 6.10 Å². The Morgan fingerprint density at radius 1 is 1.24 bits per heavy atom. The van der Waals surface area contributed by atoms with Crippen LogP contribution in [0.1, 0.15) is 16.8 Å². The van der Waals surface area contributed by atoms with Crippen molar-refractivity contribution in [2.24, 2.45) is 0 Å². The fraction of sp³-hybridized carbons (Fsp3) is 0.294. The highest BCUT2D eigenvalue weighted by Gasteiger charge is 2.28. The predicted octanol–water partition coefficient (Wildman–Crippen LogP) is 1.65. The number of imidazole rings is 1. The summed E-state index contributed by atoms with van der Waals surface area (Å²) in [6, 6.07) is 8.88. The molecule has 1 amide bonds. The molecule has 8 nitrogen and oxygen atoms in total. The van der Waals surface area contributed by atoms with Crippen molar-refractivity contribution in [3.8, 4) is 11.8 Å². The van der Waals surface area contributed by atoms with Crippen LogP contribution in [0, 0.1) is 0 Å². The van der Waals surface area contributed by atoms with Crippen LogP contribution in [0.2, 0.25) is 0 Å². The first-order valence-corrected chi connectivity index (χ1v) is 8.00. The summed E-state index contributed by atoms with van der Waals surface area (Å²) in [6.07, 6.45) is 2.28. The van der Waals surface area contributed by atoms with Crippen molar-refractivity contribution in [2.45, 2.75) is 12.5 Å². The number of amides is 1. The molecule has 25 heavy (non-hydrogen) atoms. The molecule has 1 atom stereocenters. The fourth-order valence-electron chi connectivity index (χ4n) is 2.91. The van der Waals surface area contributed by atoms with E-state index in [1.807, 2.05) is 12.1 Å². The average Bonchev–Trinajstić information content (AvgIpc) is 3.30. The number of ether oxygens (including phenoxy) is 2. The molecular weight excluding hydrogens is 322 g/mol. The topological polar surface area (TPSA) is 93.2 Å². The second-order valence-electron chi connectivity index (χ2n) is 5.83. The SMILES string of the molecule is COc1ccc(OC2CCN(C(=O)c3ccc4nc[nH]c4c3)C2)nn1. The molecule has 0 aliphatic carbocycles. The Balaban J connectivity index is 1.41. The number of methoxy groups -OCH3 is 1. The van der Waals surface area contributed by atoms with E-state index in [1.165, 1.54) is 7.11 Å². The van der Waals surface area contributed by atoms with E-state index in [-0.39, 0.29) is 12.0 Å². The Hall–Kier alpha value is -3.16. The number of carbonyl (C=O) groups excluding carboxylic acids is 1. The zero-order chi connectivity index (χ0) is 17.2. The molecule has 1 aliphatic rings. The third-order valence-electron chi connectivity index (χ3n) is 4.21. The van der Waals surface area contributed by atoms with Gasteiger partial charge in [-0.15, -0.1) is 10.2 Å². The summed E-state index contributed by atoms with van der Waals surface area (Å²) in [7, 11) is 1.53. The normalized spacial score (nSPS) is 17.0.